The number of hydrogen-bond acceptors (Lipinski definition) is 2. The Bertz CT molecular complexity index is 146. The highest BCUT2D eigenvalue weighted by Crippen LogP contribution is 2.18. The van der Waals surface area contributed by atoms with Gasteiger partial charge in [-0.25, -0.2) is 4.79 Å². The number of amides is 2. The van der Waals surface area contributed by atoms with Crippen LogP contribution >= 0.6 is 0 Å². The molecule has 2 amide bonds. The van der Waals surface area contributed by atoms with Crippen molar-refractivity contribution >= 4 is 6.03 Å². The summed E-state index contributed by atoms with van der Waals surface area (Å²) >= 11 is 0. The fourth-order valence-electron chi connectivity index (χ4n) is 0.793. The van der Waals surface area contributed by atoms with Gasteiger partial charge in [0, 0.05) is 20.3 Å². The van der Waals surface area contributed by atoms with E-state index in [0.29, 0.717) is 13.2 Å². The van der Waals surface area contributed by atoms with Gasteiger partial charge in [0.1, 0.15) is 0 Å². The van der Waals surface area contributed by atoms with Crippen LogP contribution in [0.4, 0.5) is 4.79 Å². The number of urea groups is 1. The molecule has 0 aliphatic heterocycles. The first-order valence-electron chi connectivity index (χ1n) is 4.00. The predicted octanol–water partition coefficient (Wildman–Crippen LogP) is 0.717. The third-order valence-electron chi connectivity index (χ3n) is 1.72. The zero-order valence-electron chi connectivity index (χ0n) is 8.02. The Balaban J connectivity index is 3.63. The van der Waals surface area contributed by atoms with Crippen LogP contribution < -0.4 is 11.1 Å². The lowest BCUT2D eigenvalue weighted by Gasteiger charge is -2.23. The van der Waals surface area contributed by atoms with E-state index >= 15 is 0 Å². The molecule has 0 fully saturated rings. The first kappa shape index (κ1) is 11.2. The molecule has 0 saturated carbocycles. The van der Waals surface area contributed by atoms with Crippen LogP contribution in [0.2, 0.25) is 0 Å². The number of nitrogens with one attached hydrogen (secondary N) is 1. The van der Waals surface area contributed by atoms with E-state index in [-0.39, 0.29) is 5.41 Å². The smallest absolute Gasteiger partial charge is 0.312 e. The van der Waals surface area contributed by atoms with Crippen LogP contribution in [0.15, 0.2) is 0 Å². The van der Waals surface area contributed by atoms with Crippen LogP contribution in [0.3, 0.4) is 0 Å². The van der Waals surface area contributed by atoms with Gasteiger partial charge in [0.25, 0.3) is 0 Å². The summed E-state index contributed by atoms with van der Waals surface area (Å²) in [7, 11) is 1.66. The van der Waals surface area contributed by atoms with Crippen molar-refractivity contribution in [1.82, 2.24) is 5.32 Å². The number of primary amides is 1. The highest BCUT2D eigenvalue weighted by Gasteiger charge is 2.17. The second-order valence-corrected chi connectivity index (χ2v) is 3.62. The lowest BCUT2D eigenvalue weighted by Crippen LogP contribution is -2.37. The highest BCUT2D eigenvalue weighted by atomic mass is 16.5. The molecule has 0 spiro atoms. The van der Waals surface area contributed by atoms with Crippen molar-refractivity contribution in [3.05, 3.63) is 0 Å². The van der Waals surface area contributed by atoms with Crippen molar-refractivity contribution in [2.45, 2.75) is 20.3 Å². The molecule has 4 heteroatoms. The molecule has 0 aromatic rings. The van der Waals surface area contributed by atoms with Gasteiger partial charge in [0.05, 0.1) is 0 Å². The van der Waals surface area contributed by atoms with E-state index in [2.05, 4.69) is 19.2 Å². The van der Waals surface area contributed by atoms with Crippen molar-refractivity contribution in [2.75, 3.05) is 20.3 Å². The van der Waals surface area contributed by atoms with E-state index in [0.717, 1.165) is 6.42 Å². The van der Waals surface area contributed by atoms with E-state index in [1.807, 2.05) is 0 Å². The number of rotatable bonds is 5. The molecule has 12 heavy (non-hydrogen) atoms. The monoisotopic (exact) mass is 174 g/mol. The van der Waals surface area contributed by atoms with Gasteiger partial charge in [0.2, 0.25) is 0 Å². The molecule has 0 saturated heterocycles. The summed E-state index contributed by atoms with van der Waals surface area (Å²) in [4.78, 5) is 10.4. The molecule has 0 radical (unpaired) electrons. The summed E-state index contributed by atoms with van der Waals surface area (Å²) in [5.74, 6) is 0. The Morgan fingerprint density at radius 2 is 2.17 bits per heavy atom. The number of nitrogens with two attached hydrogens (primary N) is 1. The Morgan fingerprint density at radius 3 is 2.58 bits per heavy atom. The Kier molecular flexibility index (Phi) is 4.66. The van der Waals surface area contributed by atoms with Gasteiger partial charge in [-0.15, -0.1) is 0 Å². The number of methoxy groups -OCH3 is 1. The van der Waals surface area contributed by atoms with E-state index in [1.165, 1.54) is 0 Å². The summed E-state index contributed by atoms with van der Waals surface area (Å²) in [6.07, 6.45) is 0.907. The average molecular weight is 174 g/mol. The zero-order valence-corrected chi connectivity index (χ0v) is 8.02. The lowest BCUT2D eigenvalue weighted by molar-refractivity contribution is 0.151. The molecule has 0 aromatic heterocycles. The first-order valence-corrected chi connectivity index (χ1v) is 4.00. The summed E-state index contributed by atoms with van der Waals surface area (Å²) in [5.41, 5.74) is 4.99. The molecule has 0 bridgehead atoms. The number of ether oxygens (including phenoxy) is 1. The quantitative estimate of drug-likeness (QED) is 0.645. The molecule has 0 aliphatic rings. The van der Waals surface area contributed by atoms with Crippen molar-refractivity contribution in [3.8, 4) is 0 Å². The van der Waals surface area contributed by atoms with Gasteiger partial charge < -0.3 is 15.8 Å². The van der Waals surface area contributed by atoms with Crippen LogP contribution in [0.25, 0.3) is 0 Å². The Hall–Kier alpha value is -0.770. The minimum absolute atomic E-state index is 0.0467. The molecule has 0 rings (SSSR count). The maximum Gasteiger partial charge on any atom is 0.312 e. The fraction of sp³-hybridized carbons (Fsp3) is 0.875. The molecule has 0 aliphatic carbocycles. The Labute approximate surface area is 73.5 Å². The zero-order chi connectivity index (χ0) is 9.61. The second-order valence-electron chi connectivity index (χ2n) is 3.62. The lowest BCUT2D eigenvalue weighted by atomic mass is 9.90. The molecule has 3 N–H and O–H groups in total. The molecule has 0 heterocycles. The molecule has 72 valence electrons. The van der Waals surface area contributed by atoms with Crippen molar-refractivity contribution in [3.63, 3.8) is 0 Å². The largest absolute Gasteiger partial charge is 0.385 e. The van der Waals surface area contributed by atoms with Crippen LogP contribution in [0, 0.1) is 5.41 Å². The SMILES string of the molecule is COCCC(C)(C)CNC(N)=O. The average Bonchev–Trinajstić information content (AvgIpc) is 1.98. The maximum atomic E-state index is 10.4. The van der Waals surface area contributed by atoms with Crippen molar-refractivity contribution in [2.24, 2.45) is 11.1 Å². The fourth-order valence-corrected chi connectivity index (χ4v) is 0.793. The third-order valence-corrected chi connectivity index (χ3v) is 1.72. The standard InChI is InChI=1S/C8H18N2O2/c1-8(2,4-5-12-3)6-10-7(9)11/h4-6H2,1-3H3,(H3,9,10,11). The number of carbonyl (C=O) groups is 1. The summed E-state index contributed by atoms with van der Waals surface area (Å²) < 4.78 is 4.94. The van der Waals surface area contributed by atoms with Gasteiger partial charge in [-0.2, -0.15) is 0 Å². The maximum absolute atomic E-state index is 10.4. The summed E-state index contributed by atoms with van der Waals surface area (Å²) in [6, 6.07) is -0.472. The third kappa shape index (κ3) is 5.97. The van der Waals surface area contributed by atoms with Crippen LogP contribution in [0.1, 0.15) is 20.3 Å². The topological polar surface area (TPSA) is 64.3 Å². The van der Waals surface area contributed by atoms with Gasteiger partial charge in [-0.3, -0.25) is 0 Å². The first-order chi connectivity index (χ1) is 5.48. The molecular weight excluding hydrogens is 156 g/mol. The van der Waals surface area contributed by atoms with Gasteiger partial charge in [-0.1, -0.05) is 13.8 Å². The summed E-state index contributed by atoms with van der Waals surface area (Å²) in [5, 5.41) is 2.58. The molecule has 4 nitrogen and oxygen atoms in total. The normalized spacial score (nSPS) is 11.2. The number of hydrogen-bond donors (Lipinski definition) is 2. The Morgan fingerprint density at radius 1 is 1.58 bits per heavy atom. The highest BCUT2D eigenvalue weighted by molar-refractivity contribution is 5.71. The molecule has 0 aromatic carbocycles. The minimum Gasteiger partial charge on any atom is -0.385 e. The van der Waals surface area contributed by atoms with Gasteiger partial charge >= 0.3 is 6.03 Å². The predicted molar refractivity (Wildman–Crippen MR) is 47.9 cm³/mol. The van der Waals surface area contributed by atoms with Crippen molar-refractivity contribution < 1.29 is 9.53 Å². The minimum atomic E-state index is -0.472. The summed E-state index contributed by atoms with van der Waals surface area (Å²) in [6.45, 7) is 5.41. The second kappa shape index (κ2) is 4.98. The van der Waals surface area contributed by atoms with E-state index in [1.54, 1.807) is 7.11 Å². The molecular formula is C8H18N2O2. The molecule has 0 unspecified atom stereocenters. The van der Waals surface area contributed by atoms with Crippen molar-refractivity contribution in [1.29, 1.82) is 0 Å². The molecule has 0 atom stereocenters. The van der Waals surface area contributed by atoms with Crippen LogP contribution in [-0.2, 0) is 4.74 Å². The van der Waals surface area contributed by atoms with Crippen LogP contribution in [0.5, 0.6) is 0 Å². The number of carbonyl (C=O) groups excluding carboxylic acids is 1. The van der Waals surface area contributed by atoms with E-state index < -0.39 is 6.03 Å². The van der Waals surface area contributed by atoms with E-state index in [9.17, 15) is 4.79 Å². The van der Waals surface area contributed by atoms with E-state index in [4.69, 9.17) is 10.5 Å². The van der Waals surface area contributed by atoms with Gasteiger partial charge in [-0.05, 0) is 11.8 Å². The van der Waals surface area contributed by atoms with Crippen LogP contribution in [-0.4, -0.2) is 26.3 Å². The van der Waals surface area contributed by atoms with Gasteiger partial charge in [0.15, 0.2) is 0 Å².